The van der Waals surface area contributed by atoms with Crippen molar-refractivity contribution in [2.24, 2.45) is 5.92 Å². The van der Waals surface area contributed by atoms with E-state index < -0.39 is 11.6 Å². The predicted molar refractivity (Wildman–Crippen MR) is 127 cm³/mol. The van der Waals surface area contributed by atoms with Gasteiger partial charge in [-0.1, -0.05) is 19.1 Å². The van der Waals surface area contributed by atoms with Crippen molar-refractivity contribution in [3.63, 3.8) is 0 Å². The van der Waals surface area contributed by atoms with Gasteiger partial charge in [0, 0.05) is 24.6 Å². The molecule has 4 heterocycles. The van der Waals surface area contributed by atoms with E-state index in [0.29, 0.717) is 35.9 Å². The van der Waals surface area contributed by atoms with Gasteiger partial charge < -0.3 is 9.97 Å². The lowest BCUT2D eigenvalue weighted by Gasteiger charge is -2.15. The molecule has 0 spiro atoms. The summed E-state index contributed by atoms with van der Waals surface area (Å²) in [4.78, 5) is 30.4. The topological polar surface area (TPSA) is 95.0 Å². The van der Waals surface area contributed by atoms with Crippen LogP contribution in [0.15, 0.2) is 47.4 Å². The number of hydrogen-bond donors (Lipinski definition) is 2. The Morgan fingerprint density at radius 2 is 1.91 bits per heavy atom. The molecular weight excluding hydrogens is 452 g/mol. The minimum absolute atomic E-state index is 0.0159. The van der Waals surface area contributed by atoms with Crippen molar-refractivity contribution in [1.82, 2.24) is 34.4 Å². The molecule has 0 amide bonds. The van der Waals surface area contributed by atoms with Gasteiger partial charge in [0.15, 0.2) is 23.0 Å². The van der Waals surface area contributed by atoms with Crippen LogP contribution in [0.4, 0.5) is 8.78 Å². The molecule has 35 heavy (non-hydrogen) atoms. The lowest BCUT2D eigenvalue weighted by Crippen LogP contribution is -2.23. The van der Waals surface area contributed by atoms with Gasteiger partial charge in [-0.2, -0.15) is 5.10 Å². The van der Waals surface area contributed by atoms with Gasteiger partial charge in [-0.05, 0) is 42.7 Å². The van der Waals surface area contributed by atoms with E-state index in [1.54, 1.807) is 6.92 Å². The Labute approximate surface area is 198 Å². The maximum Gasteiger partial charge on any atom is 0.276 e. The molecule has 0 bridgehead atoms. The molecule has 2 unspecified atom stereocenters. The summed E-state index contributed by atoms with van der Waals surface area (Å²) in [5.41, 5.74) is 2.76. The highest BCUT2D eigenvalue weighted by Crippen LogP contribution is 2.31. The van der Waals surface area contributed by atoms with E-state index in [1.807, 2.05) is 24.3 Å². The van der Waals surface area contributed by atoms with Gasteiger partial charge in [-0.3, -0.25) is 9.69 Å². The van der Waals surface area contributed by atoms with Gasteiger partial charge in [0.1, 0.15) is 11.6 Å². The van der Waals surface area contributed by atoms with Crippen molar-refractivity contribution in [1.29, 1.82) is 0 Å². The molecule has 0 saturated carbocycles. The molecular formula is C25H23F2N7O. The molecule has 1 aliphatic heterocycles. The maximum absolute atomic E-state index is 14.0. The first-order valence-electron chi connectivity index (χ1n) is 11.5. The van der Waals surface area contributed by atoms with Crippen molar-refractivity contribution < 1.29 is 8.78 Å². The van der Waals surface area contributed by atoms with Crippen molar-refractivity contribution in [3.8, 4) is 11.4 Å². The molecule has 3 aromatic heterocycles. The van der Waals surface area contributed by atoms with E-state index in [-0.39, 0.29) is 22.9 Å². The van der Waals surface area contributed by atoms with Gasteiger partial charge in [0.25, 0.3) is 5.56 Å². The number of nitrogens with one attached hydrogen (secondary N) is 2. The van der Waals surface area contributed by atoms with E-state index in [9.17, 15) is 13.6 Å². The molecule has 2 N–H and O–H groups in total. The number of imidazole rings is 2. The van der Waals surface area contributed by atoms with Gasteiger partial charge in [0.05, 0.1) is 23.8 Å². The van der Waals surface area contributed by atoms with Crippen LogP contribution >= 0.6 is 0 Å². The van der Waals surface area contributed by atoms with Crippen molar-refractivity contribution in [3.05, 3.63) is 81.8 Å². The van der Waals surface area contributed by atoms with Crippen LogP contribution in [0, 0.1) is 24.5 Å². The summed E-state index contributed by atoms with van der Waals surface area (Å²) in [6.45, 7) is 5.97. The number of likely N-dealkylation sites (tertiary alicyclic amines) is 1. The van der Waals surface area contributed by atoms with Gasteiger partial charge in [-0.15, -0.1) is 0 Å². The third-order valence-corrected chi connectivity index (χ3v) is 6.78. The maximum atomic E-state index is 14.0. The molecule has 1 aliphatic rings. The Morgan fingerprint density at radius 1 is 1.11 bits per heavy atom. The molecule has 0 aliphatic carbocycles. The van der Waals surface area contributed by atoms with Crippen LogP contribution in [0.3, 0.4) is 0 Å². The Bertz CT molecular complexity index is 1600. The molecule has 1 fully saturated rings. The molecule has 6 rings (SSSR count). The Hall–Kier alpha value is -3.92. The van der Waals surface area contributed by atoms with E-state index in [2.05, 4.69) is 31.8 Å². The number of para-hydroxylation sites is 2. The van der Waals surface area contributed by atoms with Crippen molar-refractivity contribution in [2.75, 3.05) is 13.1 Å². The number of aromatic amines is 2. The molecule has 0 radical (unpaired) electrons. The third-order valence-electron chi connectivity index (χ3n) is 6.78. The largest absolute Gasteiger partial charge is 0.341 e. The fourth-order valence-corrected chi connectivity index (χ4v) is 5.00. The Morgan fingerprint density at radius 3 is 2.74 bits per heavy atom. The smallest absolute Gasteiger partial charge is 0.276 e. The summed E-state index contributed by atoms with van der Waals surface area (Å²) in [5, 5.41) is 4.71. The lowest BCUT2D eigenvalue weighted by atomic mass is 9.97. The first kappa shape index (κ1) is 21.6. The molecule has 8 nitrogen and oxygen atoms in total. The molecule has 1 saturated heterocycles. The highest BCUT2D eigenvalue weighted by atomic mass is 19.2. The molecule has 2 aromatic carbocycles. The summed E-state index contributed by atoms with van der Waals surface area (Å²) in [7, 11) is 0. The van der Waals surface area contributed by atoms with Crippen LogP contribution in [0.5, 0.6) is 0 Å². The van der Waals surface area contributed by atoms with E-state index >= 15 is 0 Å². The van der Waals surface area contributed by atoms with E-state index in [4.69, 9.17) is 5.10 Å². The van der Waals surface area contributed by atoms with Crippen LogP contribution in [-0.4, -0.2) is 47.5 Å². The second kappa shape index (κ2) is 8.09. The molecule has 178 valence electrons. The van der Waals surface area contributed by atoms with Gasteiger partial charge in [0.2, 0.25) is 0 Å². The van der Waals surface area contributed by atoms with Gasteiger partial charge in [-0.25, -0.2) is 23.3 Å². The number of hydrogen-bond acceptors (Lipinski definition) is 5. The molecule has 10 heteroatoms. The minimum atomic E-state index is -0.974. The number of halogens is 2. The first-order chi connectivity index (χ1) is 16.9. The summed E-state index contributed by atoms with van der Waals surface area (Å²) < 4.78 is 29.1. The first-order valence-corrected chi connectivity index (χ1v) is 11.5. The Kier molecular flexibility index (Phi) is 4.99. The summed E-state index contributed by atoms with van der Waals surface area (Å²) in [6, 6.07) is 10.1. The highest BCUT2D eigenvalue weighted by Gasteiger charge is 2.33. The lowest BCUT2D eigenvalue weighted by molar-refractivity contribution is 0.311. The SMILES string of the molecule is Cc1cc(F)c(F)cc1-c1ncc2c(=O)[nH]c(C3CN(Cc4nc5ccccc5[nH]4)CC3C)nn12. The summed E-state index contributed by atoms with van der Waals surface area (Å²) in [6.07, 6.45) is 1.40. The summed E-state index contributed by atoms with van der Waals surface area (Å²) in [5.74, 6) is 0.0486. The monoisotopic (exact) mass is 475 g/mol. The number of benzene rings is 2. The number of aryl methyl sites for hydroxylation is 1. The number of aromatic nitrogens is 6. The zero-order valence-corrected chi connectivity index (χ0v) is 19.2. The fraction of sp³-hybridized carbons (Fsp3) is 0.280. The average Bonchev–Trinajstić information content (AvgIpc) is 3.52. The fourth-order valence-electron chi connectivity index (χ4n) is 5.00. The zero-order valence-electron chi connectivity index (χ0n) is 19.2. The van der Waals surface area contributed by atoms with E-state index in [1.165, 1.54) is 10.7 Å². The van der Waals surface area contributed by atoms with Gasteiger partial charge >= 0.3 is 0 Å². The van der Waals surface area contributed by atoms with Crippen LogP contribution in [0.25, 0.3) is 27.9 Å². The Balaban J connectivity index is 1.33. The van der Waals surface area contributed by atoms with Crippen LogP contribution in [0.1, 0.15) is 30.1 Å². The normalized spacial score (nSPS) is 18.7. The number of nitrogens with zero attached hydrogens (tertiary/aromatic N) is 5. The highest BCUT2D eigenvalue weighted by molar-refractivity contribution is 5.74. The number of fused-ring (bicyclic) bond motifs is 2. The van der Waals surface area contributed by atoms with Crippen molar-refractivity contribution >= 4 is 16.6 Å². The number of H-pyrrole nitrogens is 2. The average molecular weight is 476 g/mol. The van der Waals surface area contributed by atoms with Crippen LogP contribution in [-0.2, 0) is 6.54 Å². The summed E-state index contributed by atoms with van der Waals surface area (Å²) >= 11 is 0. The minimum Gasteiger partial charge on any atom is -0.341 e. The molecule has 2 atom stereocenters. The van der Waals surface area contributed by atoms with Crippen LogP contribution in [0.2, 0.25) is 0 Å². The second-order valence-electron chi connectivity index (χ2n) is 9.28. The van der Waals surface area contributed by atoms with Crippen molar-refractivity contribution in [2.45, 2.75) is 26.3 Å². The number of rotatable bonds is 4. The second-order valence-corrected chi connectivity index (χ2v) is 9.28. The quantitative estimate of drug-likeness (QED) is 0.413. The predicted octanol–water partition coefficient (Wildman–Crippen LogP) is 3.78. The third kappa shape index (κ3) is 3.70. The van der Waals surface area contributed by atoms with E-state index in [0.717, 1.165) is 35.5 Å². The van der Waals surface area contributed by atoms with Crippen LogP contribution < -0.4 is 5.56 Å². The zero-order chi connectivity index (χ0) is 24.3. The standard InChI is InChI=1S/C25H23F2N7O/c1-13-7-17(26)18(27)8-15(13)24-28-9-21-25(35)31-23(32-34(21)24)16-11-33(10-14(16)2)12-22-29-19-5-3-4-6-20(19)30-22/h3-9,14,16H,10-12H2,1-2H3,(H,29,30)(H,31,32,35). The molecule has 5 aromatic rings.